The molecule has 5 atom stereocenters. The lowest BCUT2D eigenvalue weighted by Crippen LogP contribution is -2.43. The summed E-state index contributed by atoms with van der Waals surface area (Å²) in [5.41, 5.74) is 1.66. The van der Waals surface area contributed by atoms with E-state index in [1.54, 1.807) is 0 Å². The van der Waals surface area contributed by atoms with Crippen molar-refractivity contribution in [2.24, 2.45) is 23.2 Å². The van der Waals surface area contributed by atoms with E-state index in [0.29, 0.717) is 17.8 Å². The Morgan fingerprint density at radius 3 is 3.00 bits per heavy atom. The van der Waals surface area contributed by atoms with E-state index in [0.717, 1.165) is 6.42 Å². The highest BCUT2D eigenvalue weighted by molar-refractivity contribution is 5.22. The third kappa shape index (κ3) is 1.62. The molecule has 1 N–H and O–H groups in total. The van der Waals surface area contributed by atoms with E-state index in [9.17, 15) is 5.11 Å². The quantitative estimate of drug-likeness (QED) is 0.631. The molecular weight excluding hydrogens is 208 g/mol. The molecule has 3 aliphatic carbocycles. The number of rotatable bonds is 0. The van der Waals surface area contributed by atoms with Gasteiger partial charge in [0.2, 0.25) is 0 Å². The van der Waals surface area contributed by atoms with Crippen LogP contribution in [-0.2, 0) is 0 Å². The predicted molar refractivity (Wildman–Crippen MR) is 70.6 cm³/mol. The van der Waals surface area contributed by atoms with Crippen molar-refractivity contribution in [2.75, 3.05) is 0 Å². The molecule has 0 bridgehead atoms. The van der Waals surface area contributed by atoms with Crippen LogP contribution in [0.15, 0.2) is 23.8 Å². The van der Waals surface area contributed by atoms with Crippen LogP contribution in [0.1, 0.15) is 46.0 Å². The van der Waals surface area contributed by atoms with Gasteiger partial charge in [-0.25, -0.2) is 0 Å². The van der Waals surface area contributed by atoms with Crippen molar-refractivity contribution in [2.45, 2.75) is 52.1 Å². The molecule has 0 radical (unpaired) electrons. The van der Waals surface area contributed by atoms with Gasteiger partial charge >= 0.3 is 0 Å². The fourth-order valence-electron chi connectivity index (χ4n) is 4.48. The normalized spacial score (nSPS) is 49.2. The van der Waals surface area contributed by atoms with Gasteiger partial charge in [0.05, 0.1) is 6.10 Å². The van der Waals surface area contributed by atoms with Crippen molar-refractivity contribution in [1.29, 1.82) is 0 Å². The summed E-state index contributed by atoms with van der Waals surface area (Å²) in [5, 5.41) is 10.9. The van der Waals surface area contributed by atoms with Crippen LogP contribution in [-0.4, -0.2) is 11.2 Å². The van der Waals surface area contributed by atoms with Crippen LogP contribution < -0.4 is 0 Å². The second-order valence-electron chi connectivity index (χ2n) is 6.58. The van der Waals surface area contributed by atoms with Gasteiger partial charge in [-0.2, -0.15) is 0 Å². The number of aliphatic hydroxyl groups is 1. The molecule has 17 heavy (non-hydrogen) atoms. The van der Waals surface area contributed by atoms with Gasteiger partial charge in [-0.1, -0.05) is 37.1 Å². The molecule has 0 aromatic rings. The average molecular weight is 232 g/mol. The van der Waals surface area contributed by atoms with Crippen LogP contribution in [0.2, 0.25) is 0 Å². The number of hydrogen-bond donors (Lipinski definition) is 1. The zero-order valence-corrected chi connectivity index (χ0v) is 11.0. The van der Waals surface area contributed by atoms with E-state index in [1.807, 2.05) is 0 Å². The maximum Gasteiger partial charge on any atom is 0.0636 e. The molecule has 0 aromatic heterocycles. The van der Waals surface area contributed by atoms with Crippen LogP contribution in [0.3, 0.4) is 0 Å². The molecular formula is C16H24O. The van der Waals surface area contributed by atoms with Gasteiger partial charge < -0.3 is 5.11 Å². The summed E-state index contributed by atoms with van der Waals surface area (Å²) in [7, 11) is 0. The standard InChI is InChI=1S/C16H24O/c1-11-8-9-12-5-4-10-16(12,2)15(17)14-7-3-6-13(11)14/h3,6,8,12-15,17H,4-5,7,9-10H2,1-2H3/t12-,13+,14+,15+,16-/m0/s1. The Balaban J connectivity index is 1.98. The van der Waals surface area contributed by atoms with E-state index in [4.69, 9.17) is 0 Å². The number of hydrogen-bond acceptors (Lipinski definition) is 1. The predicted octanol–water partition coefficient (Wildman–Crippen LogP) is 3.70. The van der Waals surface area contributed by atoms with E-state index in [-0.39, 0.29) is 11.5 Å². The van der Waals surface area contributed by atoms with Gasteiger partial charge in [0.1, 0.15) is 0 Å². The van der Waals surface area contributed by atoms with Crippen LogP contribution in [0.25, 0.3) is 0 Å². The first-order valence-corrected chi connectivity index (χ1v) is 7.14. The van der Waals surface area contributed by atoms with Crippen molar-refractivity contribution >= 4 is 0 Å². The first kappa shape index (κ1) is 11.5. The molecule has 0 spiro atoms. The highest BCUT2D eigenvalue weighted by Crippen LogP contribution is 2.53. The second-order valence-corrected chi connectivity index (χ2v) is 6.58. The van der Waals surface area contributed by atoms with Crippen molar-refractivity contribution in [3.8, 4) is 0 Å². The van der Waals surface area contributed by atoms with Gasteiger partial charge in [-0.05, 0) is 49.9 Å². The Morgan fingerprint density at radius 1 is 1.35 bits per heavy atom. The fourth-order valence-corrected chi connectivity index (χ4v) is 4.48. The molecule has 1 heteroatoms. The summed E-state index contributed by atoms with van der Waals surface area (Å²) < 4.78 is 0. The van der Waals surface area contributed by atoms with Crippen LogP contribution >= 0.6 is 0 Å². The molecule has 3 aliphatic rings. The average Bonchev–Trinajstić information content (AvgIpc) is 2.91. The molecule has 1 saturated carbocycles. The Kier molecular flexibility index (Phi) is 2.70. The molecule has 0 aliphatic heterocycles. The van der Waals surface area contributed by atoms with Gasteiger partial charge in [0.15, 0.2) is 0 Å². The highest BCUT2D eigenvalue weighted by atomic mass is 16.3. The van der Waals surface area contributed by atoms with Crippen LogP contribution in [0.4, 0.5) is 0 Å². The molecule has 0 unspecified atom stereocenters. The van der Waals surface area contributed by atoms with Crippen molar-refractivity contribution in [3.63, 3.8) is 0 Å². The zero-order valence-electron chi connectivity index (χ0n) is 11.0. The fraction of sp³-hybridized carbons (Fsp3) is 0.750. The minimum absolute atomic E-state index is 0.112. The first-order valence-electron chi connectivity index (χ1n) is 7.14. The summed E-state index contributed by atoms with van der Waals surface area (Å²) in [6.45, 7) is 4.58. The minimum Gasteiger partial charge on any atom is -0.392 e. The van der Waals surface area contributed by atoms with E-state index < -0.39 is 0 Å². The Hall–Kier alpha value is -0.560. The number of aliphatic hydroxyl groups excluding tert-OH is 1. The van der Waals surface area contributed by atoms with E-state index >= 15 is 0 Å². The van der Waals surface area contributed by atoms with Gasteiger partial charge in [-0.3, -0.25) is 0 Å². The largest absolute Gasteiger partial charge is 0.392 e. The maximum atomic E-state index is 10.9. The molecule has 0 heterocycles. The van der Waals surface area contributed by atoms with Crippen LogP contribution in [0, 0.1) is 23.2 Å². The SMILES string of the molecule is CC1=CC[C@@H]2CCC[C@]2(C)[C@H](O)[C@@H]2CC=C[C@H]12. The van der Waals surface area contributed by atoms with Crippen LogP contribution in [0.5, 0.6) is 0 Å². The van der Waals surface area contributed by atoms with Gasteiger partial charge in [0.25, 0.3) is 0 Å². The summed E-state index contributed by atoms with van der Waals surface area (Å²) in [6, 6.07) is 0. The Bertz CT molecular complexity index is 368. The van der Waals surface area contributed by atoms with E-state index in [1.165, 1.54) is 31.3 Å². The summed E-state index contributed by atoms with van der Waals surface area (Å²) >= 11 is 0. The van der Waals surface area contributed by atoms with Gasteiger partial charge in [0, 0.05) is 5.92 Å². The molecule has 0 saturated heterocycles. The summed E-state index contributed by atoms with van der Waals surface area (Å²) in [4.78, 5) is 0. The second kappa shape index (κ2) is 3.98. The summed E-state index contributed by atoms with van der Waals surface area (Å²) in [5.74, 6) is 1.65. The Labute approximate surface area is 105 Å². The topological polar surface area (TPSA) is 20.2 Å². The lowest BCUT2D eigenvalue weighted by Gasteiger charge is -2.43. The smallest absolute Gasteiger partial charge is 0.0636 e. The lowest BCUT2D eigenvalue weighted by atomic mass is 9.65. The first-order chi connectivity index (χ1) is 8.13. The van der Waals surface area contributed by atoms with E-state index in [2.05, 4.69) is 32.1 Å². The molecule has 1 nitrogen and oxygen atoms in total. The molecule has 94 valence electrons. The van der Waals surface area contributed by atoms with Crippen molar-refractivity contribution in [1.82, 2.24) is 0 Å². The summed E-state index contributed by atoms with van der Waals surface area (Å²) in [6.07, 6.45) is 13.0. The lowest BCUT2D eigenvalue weighted by molar-refractivity contribution is -0.0391. The molecule has 3 rings (SSSR count). The van der Waals surface area contributed by atoms with Crippen molar-refractivity contribution in [3.05, 3.63) is 23.8 Å². The minimum atomic E-state index is -0.112. The number of allylic oxidation sites excluding steroid dienone is 4. The molecule has 0 aromatic carbocycles. The highest BCUT2D eigenvalue weighted by Gasteiger charge is 2.49. The zero-order chi connectivity index (χ0) is 12.0. The van der Waals surface area contributed by atoms with Crippen molar-refractivity contribution < 1.29 is 5.11 Å². The monoisotopic (exact) mass is 232 g/mol. The number of fused-ring (bicyclic) bond motifs is 2. The molecule has 1 fully saturated rings. The van der Waals surface area contributed by atoms with Gasteiger partial charge in [-0.15, -0.1) is 0 Å². The third-order valence-corrected chi connectivity index (χ3v) is 5.74. The maximum absolute atomic E-state index is 10.9. The Morgan fingerprint density at radius 2 is 2.18 bits per heavy atom. The third-order valence-electron chi connectivity index (χ3n) is 5.74. The molecule has 0 amide bonds.